The number of hydrogen-bond donors (Lipinski definition) is 0. The number of benzene rings is 1. The van der Waals surface area contributed by atoms with Crippen LogP contribution < -0.4 is 4.74 Å². The Kier molecular flexibility index (Phi) is 3.78. The van der Waals surface area contributed by atoms with E-state index in [0.717, 1.165) is 6.07 Å². The first-order valence-electron chi connectivity index (χ1n) is 4.69. The van der Waals surface area contributed by atoms with Gasteiger partial charge in [0.15, 0.2) is 0 Å². The Hall–Kier alpha value is -1.70. The molecule has 0 atom stereocenters. The summed E-state index contributed by atoms with van der Waals surface area (Å²) in [6.07, 6.45) is -4.56. The summed E-state index contributed by atoms with van der Waals surface area (Å²) in [6.45, 7) is 1.73. The van der Waals surface area contributed by atoms with Gasteiger partial charge in [-0.25, -0.2) is 0 Å². The van der Waals surface area contributed by atoms with Crippen LogP contribution in [0.25, 0.3) is 0 Å². The van der Waals surface area contributed by atoms with Gasteiger partial charge in [0.2, 0.25) is 0 Å². The van der Waals surface area contributed by atoms with E-state index in [-0.39, 0.29) is 24.3 Å². The number of nitrogens with zero attached hydrogens (tertiary/aromatic N) is 1. The summed E-state index contributed by atoms with van der Waals surface area (Å²) in [7, 11) is 0. The summed E-state index contributed by atoms with van der Waals surface area (Å²) in [5.74, 6) is -0.237. The lowest BCUT2D eigenvalue weighted by Crippen LogP contribution is -2.10. The monoisotopic (exact) mass is 229 g/mol. The van der Waals surface area contributed by atoms with Crippen LogP contribution in [0.5, 0.6) is 5.75 Å². The third kappa shape index (κ3) is 2.66. The summed E-state index contributed by atoms with van der Waals surface area (Å²) in [5, 5.41) is 8.52. The number of rotatable bonds is 3. The highest BCUT2D eigenvalue weighted by Gasteiger charge is 2.35. The number of nitriles is 1. The van der Waals surface area contributed by atoms with Gasteiger partial charge in [-0.2, -0.15) is 18.4 Å². The van der Waals surface area contributed by atoms with Crippen LogP contribution in [0.15, 0.2) is 18.2 Å². The van der Waals surface area contributed by atoms with Crippen LogP contribution in [0, 0.1) is 11.3 Å². The van der Waals surface area contributed by atoms with Crippen LogP contribution in [0.4, 0.5) is 13.2 Å². The smallest absolute Gasteiger partial charge is 0.419 e. The fourth-order valence-electron chi connectivity index (χ4n) is 1.35. The maximum absolute atomic E-state index is 12.6. The molecule has 0 aromatic heterocycles. The Morgan fingerprint density at radius 3 is 2.56 bits per heavy atom. The SMILES string of the molecule is CCOc1c(CC#N)cccc1C(F)(F)F. The quantitative estimate of drug-likeness (QED) is 0.797. The molecule has 0 aliphatic rings. The first-order chi connectivity index (χ1) is 7.50. The molecule has 0 spiro atoms. The van der Waals surface area contributed by atoms with Crippen LogP contribution in [-0.4, -0.2) is 6.61 Å². The predicted octanol–water partition coefficient (Wildman–Crippen LogP) is 3.17. The molecular formula is C11H10F3NO. The molecule has 0 fully saturated rings. The summed E-state index contributed by atoms with van der Waals surface area (Å²) in [4.78, 5) is 0. The van der Waals surface area contributed by atoms with Gasteiger partial charge in [0.05, 0.1) is 24.7 Å². The molecular weight excluding hydrogens is 219 g/mol. The highest BCUT2D eigenvalue weighted by molar-refractivity contribution is 5.44. The number of halogens is 3. The molecule has 16 heavy (non-hydrogen) atoms. The normalized spacial score (nSPS) is 10.9. The molecule has 0 aliphatic carbocycles. The van der Waals surface area contributed by atoms with Crippen molar-refractivity contribution in [2.45, 2.75) is 19.5 Å². The van der Waals surface area contributed by atoms with Gasteiger partial charge in [0.25, 0.3) is 0 Å². The van der Waals surface area contributed by atoms with Gasteiger partial charge in [0.1, 0.15) is 5.75 Å². The van der Waals surface area contributed by atoms with Gasteiger partial charge in [0, 0.05) is 5.56 Å². The Balaban J connectivity index is 3.28. The van der Waals surface area contributed by atoms with Crippen molar-refractivity contribution in [1.82, 2.24) is 0 Å². The minimum absolute atomic E-state index is 0.0980. The van der Waals surface area contributed by atoms with Crippen LogP contribution >= 0.6 is 0 Å². The molecule has 0 heterocycles. The van der Waals surface area contributed by atoms with E-state index in [4.69, 9.17) is 10.00 Å². The summed E-state index contributed by atoms with van der Waals surface area (Å²) < 4.78 is 42.9. The van der Waals surface area contributed by atoms with Crippen LogP contribution in [0.1, 0.15) is 18.1 Å². The van der Waals surface area contributed by atoms with Crippen molar-refractivity contribution in [2.24, 2.45) is 0 Å². The second-order valence-corrected chi connectivity index (χ2v) is 3.06. The van der Waals surface area contributed by atoms with Crippen LogP contribution in [0.2, 0.25) is 0 Å². The number of alkyl halides is 3. The molecule has 0 N–H and O–H groups in total. The second kappa shape index (κ2) is 4.88. The fourth-order valence-corrected chi connectivity index (χ4v) is 1.35. The van der Waals surface area contributed by atoms with Crippen LogP contribution in [-0.2, 0) is 12.6 Å². The second-order valence-electron chi connectivity index (χ2n) is 3.06. The van der Waals surface area contributed by atoms with Crippen molar-refractivity contribution in [3.8, 4) is 11.8 Å². The van der Waals surface area contributed by atoms with Gasteiger partial charge in [-0.1, -0.05) is 12.1 Å². The lowest BCUT2D eigenvalue weighted by molar-refractivity contribution is -0.139. The number of ether oxygens (including phenoxy) is 1. The highest BCUT2D eigenvalue weighted by Crippen LogP contribution is 2.38. The molecule has 0 unspecified atom stereocenters. The van der Waals surface area contributed by atoms with Crippen LogP contribution in [0.3, 0.4) is 0 Å². The first kappa shape index (κ1) is 12.4. The standard InChI is InChI=1S/C11H10F3NO/c1-2-16-10-8(6-7-15)4-3-5-9(10)11(12,13)14/h3-5H,2,6H2,1H3. The minimum atomic E-state index is -4.46. The summed E-state index contributed by atoms with van der Waals surface area (Å²) in [5.41, 5.74) is -0.568. The third-order valence-corrected chi connectivity index (χ3v) is 1.96. The lowest BCUT2D eigenvalue weighted by atomic mass is 10.1. The van der Waals surface area contributed by atoms with Crippen molar-refractivity contribution in [1.29, 1.82) is 5.26 Å². The molecule has 0 amide bonds. The molecule has 0 saturated carbocycles. The van der Waals surface area contributed by atoms with Crippen molar-refractivity contribution in [3.05, 3.63) is 29.3 Å². The van der Waals surface area contributed by atoms with Gasteiger partial charge >= 0.3 is 6.18 Å². The topological polar surface area (TPSA) is 33.0 Å². The molecule has 0 saturated heterocycles. The first-order valence-corrected chi connectivity index (χ1v) is 4.69. The van der Waals surface area contributed by atoms with Gasteiger partial charge < -0.3 is 4.74 Å². The molecule has 1 aromatic rings. The van der Waals surface area contributed by atoms with Crippen molar-refractivity contribution in [2.75, 3.05) is 6.61 Å². The molecule has 5 heteroatoms. The third-order valence-electron chi connectivity index (χ3n) is 1.96. The van der Waals surface area contributed by atoms with E-state index in [1.807, 2.05) is 6.07 Å². The van der Waals surface area contributed by atoms with E-state index in [0.29, 0.717) is 0 Å². The molecule has 2 nitrogen and oxygen atoms in total. The summed E-state index contributed by atoms with van der Waals surface area (Å²) >= 11 is 0. The van der Waals surface area contributed by atoms with Crippen molar-refractivity contribution >= 4 is 0 Å². The molecule has 0 radical (unpaired) electrons. The molecule has 0 aliphatic heterocycles. The van der Waals surface area contributed by atoms with E-state index in [2.05, 4.69) is 0 Å². The Labute approximate surface area is 91.3 Å². The van der Waals surface area contributed by atoms with Crippen molar-refractivity contribution in [3.63, 3.8) is 0 Å². The molecule has 1 aromatic carbocycles. The fraction of sp³-hybridized carbons (Fsp3) is 0.364. The zero-order valence-electron chi connectivity index (χ0n) is 8.64. The molecule has 1 rings (SSSR count). The maximum Gasteiger partial charge on any atom is 0.419 e. The van der Waals surface area contributed by atoms with E-state index in [9.17, 15) is 13.2 Å². The van der Waals surface area contributed by atoms with Gasteiger partial charge in [-0.3, -0.25) is 0 Å². The average Bonchev–Trinajstić information content (AvgIpc) is 2.19. The zero-order chi connectivity index (χ0) is 12.2. The number of para-hydroxylation sites is 1. The average molecular weight is 229 g/mol. The predicted molar refractivity (Wildman–Crippen MR) is 51.9 cm³/mol. The maximum atomic E-state index is 12.6. The summed E-state index contributed by atoms with van der Waals surface area (Å²) in [6, 6.07) is 5.50. The Morgan fingerprint density at radius 2 is 2.06 bits per heavy atom. The van der Waals surface area contributed by atoms with Gasteiger partial charge in [-0.15, -0.1) is 0 Å². The molecule has 0 bridgehead atoms. The lowest BCUT2D eigenvalue weighted by Gasteiger charge is -2.15. The molecule has 86 valence electrons. The highest BCUT2D eigenvalue weighted by atomic mass is 19.4. The zero-order valence-corrected chi connectivity index (χ0v) is 8.64. The van der Waals surface area contributed by atoms with E-state index >= 15 is 0 Å². The Bertz CT molecular complexity index is 407. The largest absolute Gasteiger partial charge is 0.493 e. The van der Waals surface area contributed by atoms with E-state index in [1.165, 1.54) is 12.1 Å². The number of hydrogen-bond acceptors (Lipinski definition) is 2. The Morgan fingerprint density at radius 1 is 1.38 bits per heavy atom. The van der Waals surface area contributed by atoms with E-state index in [1.54, 1.807) is 6.92 Å². The van der Waals surface area contributed by atoms with E-state index < -0.39 is 11.7 Å². The minimum Gasteiger partial charge on any atom is -0.493 e. The van der Waals surface area contributed by atoms with Gasteiger partial charge in [-0.05, 0) is 13.0 Å². The van der Waals surface area contributed by atoms with Crippen molar-refractivity contribution < 1.29 is 17.9 Å².